The number of aliphatic imine (C=N–C) groups is 1. The van der Waals surface area contributed by atoms with Gasteiger partial charge in [0.2, 0.25) is 5.96 Å². The lowest BCUT2D eigenvalue weighted by atomic mass is 10.2. The average molecular weight is 402 g/mol. The van der Waals surface area contributed by atoms with E-state index in [9.17, 15) is 4.79 Å². The van der Waals surface area contributed by atoms with Gasteiger partial charge in [-0.25, -0.2) is 4.99 Å². The van der Waals surface area contributed by atoms with Gasteiger partial charge in [0.05, 0.1) is 19.8 Å². The van der Waals surface area contributed by atoms with Crippen LogP contribution in [0.4, 0.5) is 5.69 Å². The lowest BCUT2D eigenvalue weighted by molar-refractivity contribution is 0.0975. The molecule has 3 rings (SSSR count). The van der Waals surface area contributed by atoms with Gasteiger partial charge in [0.25, 0.3) is 5.91 Å². The van der Waals surface area contributed by atoms with Crippen LogP contribution in [0.15, 0.2) is 47.5 Å². The Morgan fingerprint density at radius 2 is 2.14 bits per heavy atom. The summed E-state index contributed by atoms with van der Waals surface area (Å²) in [7, 11) is 1.56. The van der Waals surface area contributed by atoms with Crippen LogP contribution in [0.2, 0.25) is 5.02 Å². The largest absolute Gasteiger partial charge is 0.497 e. The number of rotatable bonds is 5. The summed E-state index contributed by atoms with van der Waals surface area (Å²) in [4.78, 5) is 17.3. The molecule has 0 saturated carbocycles. The number of hydrogen-bond donors (Lipinski definition) is 2. The number of nitrogens with zero attached hydrogens (tertiary/aromatic N) is 1. The van der Waals surface area contributed by atoms with Crippen molar-refractivity contribution >= 4 is 29.2 Å². The molecule has 1 aliphatic heterocycles. The van der Waals surface area contributed by atoms with Gasteiger partial charge in [-0.3, -0.25) is 10.1 Å². The quantitative estimate of drug-likeness (QED) is 0.586. The van der Waals surface area contributed by atoms with E-state index < -0.39 is 0 Å². The van der Waals surface area contributed by atoms with Crippen LogP contribution >= 0.6 is 11.6 Å². The first-order valence-electron chi connectivity index (χ1n) is 9.20. The zero-order chi connectivity index (χ0) is 19.9. The molecular formula is C21H24ClN3O3. The second-order valence-corrected chi connectivity index (χ2v) is 6.95. The Kier molecular flexibility index (Phi) is 6.90. The Morgan fingerprint density at radius 1 is 1.32 bits per heavy atom. The summed E-state index contributed by atoms with van der Waals surface area (Å²) < 4.78 is 10.8. The molecule has 0 bridgehead atoms. The molecular weight excluding hydrogens is 378 g/mol. The van der Waals surface area contributed by atoms with Crippen LogP contribution in [0.3, 0.4) is 0 Å². The van der Waals surface area contributed by atoms with E-state index in [0.717, 1.165) is 30.7 Å². The van der Waals surface area contributed by atoms with Gasteiger partial charge < -0.3 is 14.8 Å². The maximum Gasteiger partial charge on any atom is 0.258 e. The second kappa shape index (κ2) is 9.57. The van der Waals surface area contributed by atoms with Gasteiger partial charge in [0.15, 0.2) is 0 Å². The number of nitrogens with one attached hydrogen (secondary N) is 2. The van der Waals surface area contributed by atoms with Crippen molar-refractivity contribution in [2.75, 3.05) is 25.6 Å². The third kappa shape index (κ3) is 5.24. The summed E-state index contributed by atoms with van der Waals surface area (Å²) in [5.74, 6) is 0.690. The van der Waals surface area contributed by atoms with Gasteiger partial charge >= 0.3 is 0 Å². The van der Waals surface area contributed by atoms with Gasteiger partial charge in [-0.05, 0) is 55.7 Å². The Labute approximate surface area is 169 Å². The first-order valence-corrected chi connectivity index (χ1v) is 9.58. The van der Waals surface area contributed by atoms with E-state index in [2.05, 4.69) is 15.6 Å². The highest BCUT2D eigenvalue weighted by Crippen LogP contribution is 2.23. The van der Waals surface area contributed by atoms with Crippen LogP contribution in [0.5, 0.6) is 5.75 Å². The molecule has 1 atom stereocenters. The van der Waals surface area contributed by atoms with Crippen molar-refractivity contribution in [3.63, 3.8) is 0 Å². The van der Waals surface area contributed by atoms with Gasteiger partial charge in [-0.1, -0.05) is 23.7 Å². The van der Waals surface area contributed by atoms with Crippen LogP contribution in [0, 0.1) is 6.92 Å². The molecule has 0 radical (unpaired) electrons. The zero-order valence-electron chi connectivity index (χ0n) is 16.0. The molecule has 0 aliphatic carbocycles. The molecule has 1 heterocycles. The summed E-state index contributed by atoms with van der Waals surface area (Å²) in [6.45, 7) is 3.14. The molecule has 148 valence electrons. The summed E-state index contributed by atoms with van der Waals surface area (Å²) in [5.41, 5.74) is 2.14. The number of ether oxygens (including phenoxy) is 2. The highest BCUT2D eigenvalue weighted by atomic mass is 35.5. The molecule has 2 aromatic rings. The van der Waals surface area contributed by atoms with Crippen LogP contribution in [-0.4, -0.2) is 38.2 Å². The van der Waals surface area contributed by atoms with Gasteiger partial charge in [-0.2, -0.15) is 0 Å². The van der Waals surface area contributed by atoms with Crippen molar-refractivity contribution in [3.8, 4) is 5.75 Å². The fourth-order valence-corrected chi connectivity index (χ4v) is 3.08. The van der Waals surface area contributed by atoms with E-state index in [-0.39, 0.29) is 12.0 Å². The maximum atomic E-state index is 12.7. The molecule has 1 saturated heterocycles. The van der Waals surface area contributed by atoms with E-state index >= 15 is 0 Å². The number of amides is 1. The van der Waals surface area contributed by atoms with Crippen molar-refractivity contribution < 1.29 is 14.3 Å². The number of carbonyl (C=O) groups excluding carboxylic acids is 1. The minimum absolute atomic E-state index is 0.0750. The fraction of sp³-hybridized carbons (Fsp3) is 0.333. The van der Waals surface area contributed by atoms with Crippen molar-refractivity contribution in [1.82, 2.24) is 5.32 Å². The Hall–Kier alpha value is -2.57. The Balaban J connectivity index is 1.79. The number of hydrogen-bond acceptors (Lipinski definition) is 4. The van der Waals surface area contributed by atoms with E-state index in [1.54, 1.807) is 31.4 Å². The Morgan fingerprint density at radius 3 is 2.89 bits per heavy atom. The molecule has 1 amide bonds. The predicted molar refractivity (Wildman–Crippen MR) is 112 cm³/mol. The molecule has 6 nitrogen and oxygen atoms in total. The molecule has 0 aromatic heterocycles. The van der Waals surface area contributed by atoms with Crippen molar-refractivity contribution in [2.45, 2.75) is 25.9 Å². The molecule has 0 spiro atoms. The van der Waals surface area contributed by atoms with Gasteiger partial charge in [0, 0.05) is 22.9 Å². The summed E-state index contributed by atoms with van der Waals surface area (Å²) in [6, 6.07) is 12.5. The molecule has 28 heavy (non-hydrogen) atoms. The molecule has 1 unspecified atom stereocenters. The third-order valence-electron chi connectivity index (χ3n) is 4.56. The van der Waals surface area contributed by atoms with Crippen LogP contribution < -0.4 is 15.4 Å². The van der Waals surface area contributed by atoms with Gasteiger partial charge in [-0.15, -0.1) is 0 Å². The molecule has 1 aliphatic rings. The summed E-state index contributed by atoms with van der Waals surface area (Å²) in [5, 5.41) is 6.68. The van der Waals surface area contributed by atoms with Crippen molar-refractivity contribution in [3.05, 3.63) is 58.6 Å². The van der Waals surface area contributed by atoms with E-state index in [1.165, 1.54) is 0 Å². The summed E-state index contributed by atoms with van der Waals surface area (Å²) in [6.07, 6.45) is 2.08. The number of anilines is 1. The zero-order valence-corrected chi connectivity index (χ0v) is 16.8. The van der Waals surface area contributed by atoms with Crippen LogP contribution in [-0.2, 0) is 4.74 Å². The molecule has 2 aromatic carbocycles. The fourth-order valence-electron chi connectivity index (χ4n) is 2.91. The monoisotopic (exact) mass is 401 g/mol. The van der Waals surface area contributed by atoms with Crippen LogP contribution in [0.25, 0.3) is 0 Å². The normalized spacial score (nSPS) is 16.7. The molecule has 2 N–H and O–H groups in total. The number of methoxy groups -OCH3 is 1. The smallest absolute Gasteiger partial charge is 0.258 e. The van der Waals surface area contributed by atoms with Gasteiger partial charge in [0.1, 0.15) is 5.75 Å². The molecule has 7 heteroatoms. The van der Waals surface area contributed by atoms with Crippen molar-refractivity contribution in [2.24, 2.45) is 4.99 Å². The van der Waals surface area contributed by atoms with E-state index in [0.29, 0.717) is 28.8 Å². The number of guanidine groups is 1. The first-order chi connectivity index (χ1) is 13.6. The van der Waals surface area contributed by atoms with E-state index in [1.807, 2.05) is 25.1 Å². The minimum atomic E-state index is -0.280. The SMILES string of the molecule is COc1cccc(C(=O)NC(=NCC2CCCO2)Nc2cccc(Cl)c2C)c1. The highest BCUT2D eigenvalue weighted by Gasteiger charge is 2.17. The molecule has 1 fully saturated rings. The second-order valence-electron chi connectivity index (χ2n) is 6.55. The highest BCUT2D eigenvalue weighted by molar-refractivity contribution is 6.31. The van der Waals surface area contributed by atoms with E-state index in [4.69, 9.17) is 21.1 Å². The van der Waals surface area contributed by atoms with Crippen LogP contribution in [0.1, 0.15) is 28.8 Å². The predicted octanol–water partition coefficient (Wildman–Crippen LogP) is 4.03. The number of benzene rings is 2. The first kappa shape index (κ1) is 20.2. The number of carbonyl (C=O) groups is 1. The Bertz CT molecular complexity index is 864. The minimum Gasteiger partial charge on any atom is -0.497 e. The maximum absolute atomic E-state index is 12.7. The van der Waals surface area contributed by atoms with Crippen molar-refractivity contribution in [1.29, 1.82) is 0 Å². The summed E-state index contributed by atoms with van der Waals surface area (Å²) >= 11 is 6.21. The lowest BCUT2D eigenvalue weighted by Gasteiger charge is -2.15. The standard InChI is InChI=1S/C21H24ClN3O3/c1-14-18(22)9-4-10-19(14)24-21(23-13-17-8-5-11-28-17)25-20(26)15-6-3-7-16(12-15)27-2/h3-4,6-7,9-10,12,17H,5,8,11,13H2,1-2H3,(H2,23,24,25,26). The number of halogens is 1. The average Bonchev–Trinajstić information content (AvgIpc) is 3.23. The lowest BCUT2D eigenvalue weighted by Crippen LogP contribution is -2.37. The topological polar surface area (TPSA) is 72.0 Å². The third-order valence-corrected chi connectivity index (χ3v) is 4.97.